The van der Waals surface area contributed by atoms with Crippen molar-refractivity contribution in [1.82, 2.24) is 4.90 Å². The lowest BCUT2D eigenvalue weighted by Gasteiger charge is -2.23. The lowest BCUT2D eigenvalue weighted by Crippen LogP contribution is -2.37. The van der Waals surface area contributed by atoms with Gasteiger partial charge in [0.1, 0.15) is 0 Å². The molecular formula is C13H23NO2. The molecule has 0 unspecified atom stereocenters. The van der Waals surface area contributed by atoms with Gasteiger partial charge in [-0.25, -0.2) is 0 Å². The second kappa shape index (κ2) is 5.67. The summed E-state index contributed by atoms with van der Waals surface area (Å²) in [5, 5.41) is 9.17. The van der Waals surface area contributed by atoms with Crippen LogP contribution in [0.1, 0.15) is 51.4 Å². The van der Waals surface area contributed by atoms with Crippen LogP contribution in [0.5, 0.6) is 0 Å². The summed E-state index contributed by atoms with van der Waals surface area (Å²) in [4.78, 5) is 13.9. The second-order valence-electron chi connectivity index (χ2n) is 5.25. The Kier molecular flexibility index (Phi) is 4.22. The highest BCUT2D eigenvalue weighted by molar-refractivity contribution is 5.76. The first-order valence-corrected chi connectivity index (χ1v) is 6.71. The average Bonchev–Trinajstić information content (AvgIpc) is 2.96. The van der Waals surface area contributed by atoms with Gasteiger partial charge in [-0.3, -0.25) is 4.79 Å². The fraction of sp³-hybridized carbons (Fsp3) is 0.923. The van der Waals surface area contributed by atoms with Crippen molar-refractivity contribution >= 4 is 5.91 Å². The Morgan fingerprint density at radius 1 is 1.19 bits per heavy atom. The summed E-state index contributed by atoms with van der Waals surface area (Å²) in [6.45, 7) is 0.990. The van der Waals surface area contributed by atoms with Crippen LogP contribution >= 0.6 is 0 Å². The third kappa shape index (κ3) is 2.76. The summed E-state index contributed by atoms with van der Waals surface area (Å²) in [7, 11) is 0. The van der Waals surface area contributed by atoms with Crippen LogP contribution in [0.3, 0.4) is 0 Å². The van der Waals surface area contributed by atoms with E-state index in [-0.39, 0.29) is 18.6 Å². The number of aliphatic hydroxyl groups is 1. The van der Waals surface area contributed by atoms with Crippen molar-refractivity contribution in [1.29, 1.82) is 0 Å². The van der Waals surface area contributed by atoms with Crippen molar-refractivity contribution in [3.8, 4) is 0 Å². The van der Waals surface area contributed by atoms with Crippen LogP contribution in [0.2, 0.25) is 0 Å². The van der Waals surface area contributed by atoms with Gasteiger partial charge in [-0.05, 0) is 25.2 Å². The molecule has 1 saturated carbocycles. The van der Waals surface area contributed by atoms with E-state index in [1.54, 1.807) is 0 Å². The van der Waals surface area contributed by atoms with Gasteiger partial charge in [0.2, 0.25) is 5.91 Å². The van der Waals surface area contributed by atoms with E-state index in [1.165, 1.54) is 25.7 Å². The first kappa shape index (κ1) is 11.9. The van der Waals surface area contributed by atoms with Crippen LogP contribution in [-0.4, -0.2) is 35.1 Å². The number of carbonyl (C=O) groups excluding carboxylic acids is 1. The maximum atomic E-state index is 12.0. The molecule has 2 fully saturated rings. The molecule has 1 heterocycles. The molecule has 0 aromatic carbocycles. The highest BCUT2D eigenvalue weighted by atomic mass is 16.3. The SMILES string of the molecule is O=C(CCC1CCCC1)N1CCC[C@H]1CO. The van der Waals surface area contributed by atoms with E-state index in [0.29, 0.717) is 6.42 Å². The van der Waals surface area contributed by atoms with E-state index >= 15 is 0 Å². The number of hydrogen-bond donors (Lipinski definition) is 1. The van der Waals surface area contributed by atoms with Crippen molar-refractivity contribution in [2.24, 2.45) is 5.92 Å². The van der Waals surface area contributed by atoms with E-state index in [1.807, 2.05) is 4.90 Å². The van der Waals surface area contributed by atoms with Gasteiger partial charge in [-0.2, -0.15) is 0 Å². The summed E-state index contributed by atoms with van der Waals surface area (Å²) in [6.07, 6.45) is 9.12. The Balaban J connectivity index is 1.74. The molecule has 1 amide bonds. The van der Waals surface area contributed by atoms with Gasteiger partial charge in [-0.1, -0.05) is 25.7 Å². The minimum atomic E-state index is 0.107. The van der Waals surface area contributed by atoms with Crippen LogP contribution < -0.4 is 0 Å². The maximum absolute atomic E-state index is 12.0. The summed E-state index contributed by atoms with van der Waals surface area (Å²) < 4.78 is 0. The third-order valence-corrected chi connectivity index (χ3v) is 4.15. The predicted octanol–water partition coefficient (Wildman–Crippen LogP) is 1.94. The largest absolute Gasteiger partial charge is 0.394 e. The molecule has 0 aromatic rings. The van der Waals surface area contributed by atoms with E-state index in [2.05, 4.69) is 0 Å². The number of likely N-dealkylation sites (tertiary alicyclic amines) is 1. The topological polar surface area (TPSA) is 40.5 Å². The van der Waals surface area contributed by atoms with Crippen molar-refractivity contribution in [3.05, 3.63) is 0 Å². The molecule has 1 aliphatic carbocycles. The van der Waals surface area contributed by atoms with Crippen LogP contribution in [0, 0.1) is 5.92 Å². The monoisotopic (exact) mass is 225 g/mol. The zero-order valence-corrected chi connectivity index (χ0v) is 10.0. The van der Waals surface area contributed by atoms with E-state index in [0.717, 1.165) is 31.7 Å². The molecule has 0 aromatic heterocycles. The molecular weight excluding hydrogens is 202 g/mol. The Morgan fingerprint density at radius 3 is 2.62 bits per heavy atom. The number of rotatable bonds is 4. The number of amides is 1. The Hall–Kier alpha value is -0.570. The fourth-order valence-corrected chi connectivity index (χ4v) is 3.12. The minimum absolute atomic E-state index is 0.107. The van der Waals surface area contributed by atoms with Crippen LogP contribution in [0.4, 0.5) is 0 Å². The maximum Gasteiger partial charge on any atom is 0.222 e. The molecule has 2 aliphatic rings. The Labute approximate surface area is 97.8 Å². The van der Waals surface area contributed by atoms with Crippen LogP contribution in [0.25, 0.3) is 0 Å². The molecule has 0 bridgehead atoms. The molecule has 0 spiro atoms. The Bertz CT molecular complexity index is 236. The fourth-order valence-electron chi connectivity index (χ4n) is 3.12. The molecule has 1 atom stereocenters. The average molecular weight is 225 g/mol. The number of aliphatic hydroxyl groups excluding tert-OH is 1. The summed E-state index contributed by atoms with van der Waals surface area (Å²) in [6, 6.07) is 0.107. The van der Waals surface area contributed by atoms with Gasteiger partial charge in [0, 0.05) is 13.0 Å². The summed E-state index contributed by atoms with van der Waals surface area (Å²) in [5.74, 6) is 1.06. The van der Waals surface area contributed by atoms with Gasteiger partial charge in [0.15, 0.2) is 0 Å². The summed E-state index contributed by atoms with van der Waals surface area (Å²) in [5.41, 5.74) is 0. The zero-order chi connectivity index (χ0) is 11.4. The molecule has 1 saturated heterocycles. The van der Waals surface area contributed by atoms with Gasteiger partial charge < -0.3 is 10.0 Å². The molecule has 1 N–H and O–H groups in total. The highest BCUT2D eigenvalue weighted by Crippen LogP contribution is 2.29. The van der Waals surface area contributed by atoms with E-state index < -0.39 is 0 Å². The number of hydrogen-bond acceptors (Lipinski definition) is 2. The van der Waals surface area contributed by atoms with Crippen LogP contribution in [0.15, 0.2) is 0 Å². The van der Waals surface area contributed by atoms with E-state index in [4.69, 9.17) is 0 Å². The normalized spacial score (nSPS) is 26.6. The Morgan fingerprint density at radius 2 is 1.94 bits per heavy atom. The van der Waals surface area contributed by atoms with Crippen molar-refractivity contribution in [2.45, 2.75) is 57.4 Å². The molecule has 2 rings (SSSR count). The first-order chi connectivity index (χ1) is 7.81. The lowest BCUT2D eigenvalue weighted by atomic mass is 10.0. The standard InChI is InChI=1S/C13H23NO2/c15-10-12-6-3-9-14(12)13(16)8-7-11-4-1-2-5-11/h11-12,15H,1-10H2/t12-/m0/s1. The second-order valence-corrected chi connectivity index (χ2v) is 5.25. The smallest absolute Gasteiger partial charge is 0.222 e. The van der Waals surface area contributed by atoms with Crippen molar-refractivity contribution in [2.75, 3.05) is 13.2 Å². The highest BCUT2D eigenvalue weighted by Gasteiger charge is 2.28. The quantitative estimate of drug-likeness (QED) is 0.794. The zero-order valence-electron chi connectivity index (χ0n) is 10.0. The molecule has 3 heteroatoms. The third-order valence-electron chi connectivity index (χ3n) is 4.15. The minimum Gasteiger partial charge on any atom is -0.394 e. The van der Waals surface area contributed by atoms with Crippen LogP contribution in [-0.2, 0) is 4.79 Å². The number of carbonyl (C=O) groups is 1. The molecule has 16 heavy (non-hydrogen) atoms. The molecule has 1 aliphatic heterocycles. The first-order valence-electron chi connectivity index (χ1n) is 6.71. The van der Waals surface area contributed by atoms with Gasteiger partial charge in [0.25, 0.3) is 0 Å². The van der Waals surface area contributed by atoms with Gasteiger partial charge in [-0.15, -0.1) is 0 Å². The molecule has 3 nitrogen and oxygen atoms in total. The van der Waals surface area contributed by atoms with Gasteiger partial charge >= 0.3 is 0 Å². The number of nitrogens with zero attached hydrogens (tertiary/aromatic N) is 1. The summed E-state index contributed by atoms with van der Waals surface area (Å²) >= 11 is 0. The molecule has 92 valence electrons. The van der Waals surface area contributed by atoms with E-state index in [9.17, 15) is 9.90 Å². The predicted molar refractivity (Wildman–Crippen MR) is 63.0 cm³/mol. The lowest BCUT2D eigenvalue weighted by molar-refractivity contribution is -0.133. The van der Waals surface area contributed by atoms with Crippen molar-refractivity contribution < 1.29 is 9.90 Å². The van der Waals surface area contributed by atoms with Crippen molar-refractivity contribution in [3.63, 3.8) is 0 Å². The molecule has 0 radical (unpaired) electrons. The van der Waals surface area contributed by atoms with Gasteiger partial charge in [0.05, 0.1) is 12.6 Å².